The highest BCUT2D eigenvalue weighted by molar-refractivity contribution is 5.93. The van der Waals surface area contributed by atoms with Gasteiger partial charge in [0.05, 0.1) is 0 Å². The van der Waals surface area contributed by atoms with Crippen LogP contribution < -0.4 is 11.1 Å². The van der Waals surface area contributed by atoms with Crippen LogP contribution in [0.5, 0.6) is 0 Å². The van der Waals surface area contributed by atoms with Gasteiger partial charge < -0.3 is 11.1 Å². The van der Waals surface area contributed by atoms with E-state index in [-0.39, 0.29) is 6.04 Å². The normalized spacial score (nSPS) is 11.9. The van der Waals surface area contributed by atoms with Gasteiger partial charge in [0.1, 0.15) is 0 Å². The Hall–Kier alpha value is -2.29. The van der Waals surface area contributed by atoms with Crippen molar-refractivity contribution in [3.63, 3.8) is 0 Å². The monoisotopic (exact) mass is 268 g/mol. The fourth-order valence-corrected chi connectivity index (χ4v) is 2.10. The lowest BCUT2D eigenvalue weighted by Crippen LogP contribution is -2.11. The van der Waals surface area contributed by atoms with Gasteiger partial charge >= 0.3 is 0 Å². The largest absolute Gasteiger partial charge is 0.379 e. The van der Waals surface area contributed by atoms with E-state index in [1.807, 2.05) is 12.1 Å². The number of aryl methyl sites for hydroxylation is 2. The number of amides is 1. The smallest absolute Gasteiger partial charge is 0.248 e. The van der Waals surface area contributed by atoms with Crippen LogP contribution in [0, 0.1) is 13.8 Å². The van der Waals surface area contributed by atoms with Crippen LogP contribution in [0.3, 0.4) is 0 Å². The average Bonchev–Trinajstić information content (AvgIpc) is 2.42. The lowest BCUT2D eigenvalue weighted by Gasteiger charge is -2.17. The first kappa shape index (κ1) is 14.1. The molecule has 0 aliphatic carbocycles. The summed E-state index contributed by atoms with van der Waals surface area (Å²) in [5.74, 6) is -0.404. The molecule has 3 nitrogen and oxygen atoms in total. The van der Waals surface area contributed by atoms with Gasteiger partial charge in [0, 0.05) is 17.3 Å². The molecule has 0 aromatic heterocycles. The van der Waals surface area contributed by atoms with E-state index < -0.39 is 5.91 Å². The van der Waals surface area contributed by atoms with E-state index in [1.54, 1.807) is 12.1 Å². The molecule has 2 aromatic carbocycles. The van der Waals surface area contributed by atoms with Crippen molar-refractivity contribution in [1.29, 1.82) is 0 Å². The summed E-state index contributed by atoms with van der Waals surface area (Å²) in [5.41, 5.74) is 10.6. The molecule has 0 bridgehead atoms. The maximum absolute atomic E-state index is 11.0. The summed E-state index contributed by atoms with van der Waals surface area (Å²) in [6.45, 7) is 6.35. The van der Waals surface area contributed by atoms with Crippen molar-refractivity contribution in [3.05, 3.63) is 64.7 Å². The summed E-state index contributed by atoms with van der Waals surface area (Å²) in [4.78, 5) is 11.0. The Bertz CT molecular complexity index is 617. The molecule has 0 aliphatic rings. The fraction of sp³-hybridized carbons (Fsp3) is 0.235. The summed E-state index contributed by atoms with van der Waals surface area (Å²) < 4.78 is 0. The summed E-state index contributed by atoms with van der Waals surface area (Å²) in [6, 6.07) is 13.9. The third-order valence-electron chi connectivity index (χ3n) is 3.58. The lowest BCUT2D eigenvalue weighted by atomic mass is 10.0. The van der Waals surface area contributed by atoms with Crippen LogP contribution in [0.2, 0.25) is 0 Å². The first-order chi connectivity index (χ1) is 9.47. The van der Waals surface area contributed by atoms with E-state index in [9.17, 15) is 4.79 Å². The van der Waals surface area contributed by atoms with Crippen LogP contribution in [0.25, 0.3) is 0 Å². The topological polar surface area (TPSA) is 55.1 Å². The van der Waals surface area contributed by atoms with Gasteiger partial charge in [-0.25, -0.2) is 0 Å². The molecule has 0 saturated heterocycles. The molecule has 1 amide bonds. The highest BCUT2D eigenvalue weighted by Gasteiger charge is 2.07. The third kappa shape index (κ3) is 3.18. The second kappa shape index (κ2) is 5.78. The molecule has 2 rings (SSSR count). The first-order valence-electron chi connectivity index (χ1n) is 6.71. The molecule has 0 heterocycles. The Balaban J connectivity index is 2.12. The molecule has 0 spiro atoms. The Labute approximate surface area is 119 Å². The van der Waals surface area contributed by atoms with Gasteiger partial charge in [-0.1, -0.05) is 18.2 Å². The average molecular weight is 268 g/mol. The van der Waals surface area contributed by atoms with E-state index in [2.05, 4.69) is 44.3 Å². The first-order valence-corrected chi connectivity index (χ1v) is 6.71. The standard InChI is InChI=1S/C17H20N2O/c1-11-4-5-15(10-12(11)2)13(3)19-16-8-6-14(7-9-16)17(18)20/h4-10,13,19H,1-3H3,(H2,18,20). The van der Waals surface area contributed by atoms with Gasteiger partial charge in [-0.2, -0.15) is 0 Å². The fourth-order valence-electron chi connectivity index (χ4n) is 2.10. The molecule has 3 heteroatoms. The van der Waals surface area contributed by atoms with Crippen LogP contribution in [-0.4, -0.2) is 5.91 Å². The van der Waals surface area contributed by atoms with Gasteiger partial charge in [0.25, 0.3) is 0 Å². The van der Waals surface area contributed by atoms with E-state index in [0.717, 1.165) is 5.69 Å². The van der Waals surface area contributed by atoms with Crippen molar-refractivity contribution in [1.82, 2.24) is 0 Å². The number of nitrogens with two attached hydrogens (primary N) is 1. The molecule has 0 saturated carbocycles. The SMILES string of the molecule is Cc1ccc(C(C)Nc2ccc(C(N)=O)cc2)cc1C. The summed E-state index contributed by atoms with van der Waals surface area (Å²) >= 11 is 0. The highest BCUT2D eigenvalue weighted by atomic mass is 16.1. The zero-order valence-electron chi connectivity index (χ0n) is 12.1. The minimum atomic E-state index is -0.404. The van der Waals surface area contributed by atoms with Crippen molar-refractivity contribution < 1.29 is 4.79 Å². The van der Waals surface area contributed by atoms with Crippen LogP contribution in [0.4, 0.5) is 5.69 Å². The predicted octanol–water partition coefficient (Wildman–Crippen LogP) is 3.58. The predicted molar refractivity (Wildman–Crippen MR) is 82.9 cm³/mol. The Morgan fingerprint density at radius 3 is 2.25 bits per heavy atom. The Morgan fingerprint density at radius 2 is 1.70 bits per heavy atom. The maximum atomic E-state index is 11.0. The molecule has 3 N–H and O–H groups in total. The number of hydrogen-bond acceptors (Lipinski definition) is 2. The zero-order valence-corrected chi connectivity index (χ0v) is 12.1. The minimum Gasteiger partial charge on any atom is -0.379 e. The molecule has 1 unspecified atom stereocenters. The van der Waals surface area contributed by atoms with Gasteiger partial charge in [-0.05, 0) is 61.7 Å². The molecule has 104 valence electrons. The van der Waals surface area contributed by atoms with E-state index in [0.29, 0.717) is 5.56 Å². The number of carbonyl (C=O) groups excluding carboxylic acids is 1. The Morgan fingerprint density at radius 1 is 1.05 bits per heavy atom. The number of hydrogen-bond donors (Lipinski definition) is 2. The van der Waals surface area contributed by atoms with Crippen molar-refractivity contribution in [2.24, 2.45) is 5.73 Å². The van der Waals surface area contributed by atoms with E-state index >= 15 is 0 Å². The number of primary amides is 1. The van der Waals surface area contributed by atoms with Gasteiger partial charge in [0.15, 0.2) is 0 Å². The van der Waals surface area contributed by atoms with E-state index in [4.69, 9.17) is 5.73 Å². The van der Waals surface area contributed by atoms with Crippen LogP contribution in [0.1, 0.15) is 40.0 Å². The van der Waals surface area contributed by atoms with Crippen molar-refractivity contribution in [3.8, 4) is 0 Å². The summed E-state index contributed by atoms with van der Waals surface area (Å²) in [7, 11) is 0. The second-order valence-corrected chi connectivity index (χ2v) is 5.15. The quantitative estimate of drug-likeness (QED) is 0.890. The molecule has 0 fully saturated rings. The zero-order chi connectivity index (χ0) is 14.7. The lowest BCUT2D eigenvalue weighted by molar-refractivity contribution is 0.100. The van der Waals surface area contributed by atoms with Crippen molar-refractivity contribution in [2.75, 3.05) is 5.32 Å². The van der Waals surface area contributed by atoms with Gasteiger partial charge in [-0.15, -0.1) is 0 Å². The summed E-state index contributed by atoms with van der Waals surface area (Å²) in [5, 5.41) is 3.42. The molecule has 0 aliphatic heterocycles. The van der Waals surface area contributed by atoms with Crippen LogP contribution in [0.15, 0.2) is 42.5 Å². The van der Waals surface area contributed by atoms with Crippen molar-refractivity contribution in [2.45, 2.75) is 26.8 Å². The summed E-state index contributed by atoms with van der Waals surface area (Å²) in [6.07, 6.45) is 0. The second-order valence-electron chi connectivity index (χ2n) is 5.15. The number of rotatable bonds is 4. The molecule has 0 radical (unpaired) electrons. The molecule has 1 atom stereocenters. The van der Waals surface area contributed by atoms with Crippen LogP contribution in [-0.2, 0) is 0 Å². The van der Waals surface area contributed by atoms with Crippen LogP contribution >= 0.6 is 0 Å². The molecule has 2 aromatic rings. The van der Waals surface area contributed by atoms with Crippen molar-refractivity contribution >= 4 is 11.6 Å². The molecule has 20 heavy (non-hydrogen) atoms. The van der Waals surface area contributed by atoms with Gasteiger partial charge in [-0.3, -0.25) is 4.79 Å². The number of nitrogens with one attached hydrogen (secondary N) is 1. The minimum absolute atomic E-state index is 0.203. The molecular formula is C17H20N2O. The Kier molecular flexibility index (Phi) is 4.08. The highest BCUT2D eigenvalue weighted by Crippen LogP contribution is 2.21. The van der Waals surface area contributed by atoms with E-state index in [1.165, 1.54) is 16.7 Å². The maximum Gasteiger partial charge on any atom is 0.248 e. The number of anilines is 1. The number of carbonyl (C=O) groups is 1. The number of benzene rings is 2. The third-order valence-corrected chi connectivity index (χ3v) is 3.58. The van der Waals surface area contributed by atoms with Gasteiger partial charge in [0.2, 0.25) is 5.91 Å². The molecular weight excluding hydrogens is 248 g/mol.